The predicted molar refractivity (Wildman–Crippen MR) is 93.4 cm³/mol. The maximum Gasteiger partial charge on any atom is 0.275 e. The Morgan fingerprint density at radius 2 is 1.81 bits per heavy atom. The van der Waals surface area contributed by atoms with Crippen molar-refractivity contribution in [2.45, 2.75) is 32.0 Å². The average molecular weight is 357 g/mol. The molecule has 1 unspecified atom stereocenters. The molecule has 0 aromatic heterocycles. The third-order valence-electron chi connectivity index (χ3n) is 4.81. The average Bonchev–Trinajstić information content (AvgIpc) is 3.39. The molecule has 0 spiro atoms. The van der Waals surface area contributed by atoms with Gasteiger partial charge in [-0.05, 0) is 29.8 Å². The fraction of sp³-hybridized carbons (Fsp3) is 0.350. The molecule has 2 N–H and O–H groups in total. The van der Waals surface area contributed by atoms with Crippen LogP contribution in [0.4, 0.5) is 4.39 Å². The van der Waals surface area contributed by atoms with E-state index in [9.17, 15) is 9.18 Å². The van der Waals surface area contributed by atoms with E-state index < -0.39 is 0 Å². The molecule has 4 rings (SSSR count). The van der Waals surface area contributed by atoms with Crippen molar-refractivity contribution in [3.05, 3.63) is 59.4 Å². The minimum Gasteiger partial charge on any atom is -0.454 e. The zero-order valence-corrected chi connectivity index (χ0v) is 14.5. The number of nitrogens with one attached hydrogen (secondary N) is 2. The summed E-state index contributed by atoms with van der Waals surface area (Å²) in [5.74, 6) is 1.25. The molecular weight excluding hydrogens is 335 g/mol. The molecule has 26 heavy (non-hydrogen) atoms. The Morgan fingerprint density at radius 1 is 1.08 bits per heavy atom. The second-order valence-electron chi connectivity index (χ2n) is 6.88. The highest BCUT2D eigenvalue weighted by molar-refractivity contribution is 5.76. The first-order valence-electron chi connectivity index (χ1n) is 8.91. The summed E-state index contributed by atoms with van der Waals surface area (Å²) in [5.41, 5.74) is 2.03. The number of quaternary nitrogens is 1. The number of ether oxygens (including phenoxy) is 2. The first-order chi connectivity index (χ1) is 12.7. The van der Waals surface area contributed by atoms with E-state index in [-0.39, 0.29) is 18.5 Å². The van der Waals surface area contributed by atoms with Crippen LogP contribution in [0.1, 0.15) is 24.0 Å². The summed E-state index contributed by atoms with van der Waals surface area (Å²) in [6, 6.07) is 12.7. The second-order valence-corrected chi connectivity index (χ2v) is 6.88. The van der Waals surface area contributed by atoms with Crippen LogP contribution in [0.5, 0.6) is 11.5 Å². The van der Waals surface area contributed by atoms with Crippen LogP contribution in [0.15, 0.2) is 42.5 Å². The Morgan fingerprint density at radius 3 is 2.58 bits per heavy atom. The summed E-state index contributed by atoms with van der Waals surface area (Å²) >= 11 is 0. The Bertz CT molecular complexity index is 790. The van der Waals surface area contributed by atoms with Gasteiger partial charge in [0.15, 0.2) is 18.0 Å². The molecule has 1 saturated carbocycles. The predicted octanol–water partition coefficient (Wildman–Crippen LogP) is 1.42. The summed E-state index contributed by atoms with van der Waals surface area (Å²) in [5, 5.41) is 2.98. The Balaban J connectivity index is 1.31. The van der Waals surface area contributed by atoms with Crippen LogP contribution in [0.25, 0.3) is 0 Å². The van der Waals surface area contributed by atoms with Gasteiger partial charge in [0.1, 0.15) is 12.4 Å². The number of halogens is 1. The van der Waals surface area contributed by atoms with E-state index in [1.165, 1.54) is 17.0 Å². The van der Waals surface area contributed by atoms with Gasteiger partial charge in [-0.15, -0.1) is 0 Å². The second kappa shape index (κ2) is 7.33. The van der Waals surface area contributed by atoms with Gasteiger partial charge in [-0.1, -0.05) is 18.2 Å². The molecule has 0 bridgehead atoms. The van der Waals surface area contributed by atoms with Crippen molar-refractivity contribution in [3.8, 4) is 11.5 Å². The number of benzene rings is 2. The van der Waals surface area contributed by atoms with Crippen LogP contribution in [-0.2, 0) is 17.9 Å². The maximum atomic E-state index is 13.1. The molecule has 0 saturated heterocycles. The summed E-state index contributed by atoms with van der Waals surface area (Å²) in [6.07, 6.45) is 2.29. The third-order valence-corrected chi connectivity index (χ3v) is 4.81. The molecule has 1 fully saturated rings. The summed E-state index contributed by atoms with van der Waals surface area (Å²) in [6.45, 7) is 1.87. The normalized spacial score (nSPS) is 16.3. The lowest BCUT2D eigenvalue weighted by Gasteiger charge is -2.19. The lowest BCUT2D eigenvalue weighted by Crippen LogP contribution is -3.13. The number of carbonyl (C=O) groups excluding carboxylic acids is 1. The Hall–Kier alpha value is -2.60. The molecule has 1 heterocycles. The van der Waals surface area contributed by atoms with Gasteiger partial charge in [0.05, 0.1) is 6.04 Å². The molecule has 5 nitrogen and oxygen atoms in total. The van der Waals surface area contributed by atoms with Crippen LogP contribution in [0.2, 0.25) is 0 Å². The van der Waals surface area contributed by atoms with Gasteiger partial charge in [-0.2, -0.15) is 0 Å². The van der Waals surface area contributed by atoms with Gasteiger partial charge < -0.3 is 19.7 Å². The van der Waals surface area contributed by atoms with Crippen molar-refractivity contribution in [2.24, 2.45) is 0 Å². The minimum absolute atomic E-state index is 0.0201. The van der Waals surface area contributed by atoms with E-state index in [1.807, 2.05) is 18.2 Å². The van der Waals surface area contributed by atoms with Gasteiger partial charge in [0.2, 0.25) is 6.79 Å². The molecule has 1 atom stereocenters. The molecule has 1 aliphatic heterocycles. The Labute approximate surface area is 151 Å². The smallest absolute Gasteiger partial charge is 0.275 e. The summed E-state index contributed by atoms with van der Waals surface area (Å²) in [4.78, 5) is 13.6. The first-order valence-corrected chi connectivity index (χ1v) is 8.91. The largest absolute Gasteiger partial charge is 0.454 e. The van der Waals surface area contributed by atoms with E-state index in [2.05, 4.69) is 5.32 Å². The number of carbonyl (C=O) groups is 1. The molecule has 136 valence electrons. The van der Waals surface area contributed by atoms with E-state index in [4.69, 9.17) is 9.47 Å². The van der Waals surface area contributed by atoms with Gasteiger partial charge in [-0.3, -0.25) is 4.79 Å². The van der Waals surface area contributed by atoms with Crippen molar-refractivity contribution < 1.29 is 23.6 Å². The summed E-state index contributed by atoms with van der Waals surface area (Å²) in [7, 11) is 0. The fourth-order valence-corrected chi connectivity index (χ4v) is 3.23. The quantitative estimate of drug-likeness (QED) is 0.788. The molecule has 1 amide bonds. The van der Waals surface area contributed by atoms with E-state index in [0.29, 0.717) is 19.1 Å². The monoisotopic (exact) mass is 357 g/mol. The van der Waals surface area contributed by atoms with Crippen molar-refractivity contribution in [1.82, 2.24) is 5.32 Å². The molecule has 2 aliphatic rings. The lowest BCUT2D eigenvalue weighted by atomic mass is 10.2. The van der Waals surface area contributed by atoms with Gasteiger partial charge >= 0.3 is 0 Å². The molecular formula is C20H22FN2O3+. The lowest BCUT2D eigenvalue weighted by molar-refractivity contribution is -0.917. The summed E-state index contributed by atoms with van der Waals surface area (Å²) < 4.78 is 23.7. The van der Waals surface area contributed by atoms with Crippen LogP contribution < -0.4 is 19.7 Å². The molecule has 0 radical (unpaired) electrons. The van der Waals surface area contributed by atoms with E-state index >= 15 is 0 Å². The van der Waals surface area contributed by atoms with Crippen LogP contribution in [0, 0.1) is 5.82 Å². The zero-order valence-electron chi connectivity index (χ0n) is 14.5. The van der Waals surface area contributed by atoms with Crippen molar-refractivity contribution in [2.75, 3.05) is 13.3 Å². The van der Waals surface area contributed by atoms with Crippen molar-refractivity contribution in [3.63, 3.8) is 0 Å². The highest BCUT2D eigenvalue weighted by Gasteiger charge is 2.34. The molecule has 1 aliphatic carbocycles. The standard InChI is InChI=1S/C20H21FN2O3/c21-16-4-1-14(2-5-16)11-23(17-6-7-17)12-20(24)22-10-15-3-8-18-19(9-15)26-13-25-18/h1-5,8-9,17H,6-7,10-13H2,(H,22,24)/p+1. The molecule has 6 heteroatoms. The number of fused-ring (bicyclic) bond motifs is 1. The number of rotatable bonds is 7. The first kappa shape index (κ1) is 16.8. The van der Waals surface area contributed by atoms with Crippen molar-refractivity contribution >= 4 is 5.91 Å². The van der Waals surface area contributed by atoms with E-state index in [0.717, 1.165) is 42.0 Å². The maximum absolute atomic E-state index is 13.1. The number of hydrogen-bond donors (Lipinski definition) is 2. The SMILES string of the molecule is O=C(C[NH+](Cc1ccc(F)cc1)C1CC1)NCc1ccc2c(c1)OCO2. The highest BCUT2D eigenvalue weighted by Crippen LogP contribution is 2.32. The molecule has 2 aromatic rings. The number of amides is 1. The fourth-order valence-electron chi connectivity index (χ4n) is 3.23. The molecule has 2 aromatic carbocycles. The minimum atomic E-state index is -0.233. The van der Waals surface area contributed by atoms with E-state index in [1.54, 1.807) is 12.1 Å². The highest BCUT2D eigenvalue weighted by atomic mass is 19.1. The van der Waals surface area contributed by atoms with Crippen LogP contribution in [0.3, 0.4) is 0 Å². The van der Waals surface area contributed by atoms with Crippen LogP contribution in [-0.4, -0.2) is 25.3 Å². The topological polar surface area (TPSA) is 52.0 Å². The van der Waals surface area contributed by atoms with Crippen LogP contribution >= 0.6 is 0 Å². The Kier molecular flexibility index (Phi) is 4.75. The number of hydrogen-bond acceptors (Lipinski definition) is 3. The van der Waals surface area contributed by atoms with Crippen molar-refractivity contribution in [1.29, 1.82) is 0 Å². The third kappa shape index (κ3) is 4.14. The van der Waals surface area contributed by atoms with Gasteiger partial charge in [0.25, 0.3) is 5.91 Å². The van der Waals surface area contributed by atoms with Gasteiger partial charge in [0, 0.05) is 24.9 Å². The van der Waals surface area contributed by atoms with Gasteiger partial charge in [-0.25, -0.2) is 4.39 Å². The zero-order chi connectivity index (χ0) is 17.9.